The largest absolute Gasteiger partial charge is 0.388 e. The third-order valence-corrected chi connectivity index (χ3v) is 4.89. The van der Waals surface area contributed by atoms with Crippen molar-refractivity contribution in [1.82, 2.24) is 9.80 Å². The quantitative estimate of drug-likeness (QED) is 0.558. The summed E-state index contributed by atoms with van der Waals surface area (Å²) in [7, 11) is 0. The highest BCUT2D eigenvalue weighted by Crippen LogP contribution is 2.11. The predicted octanol–water partition coefficient (Wildman–Crippen LogP) is -0.341. The molecule has 1 saturated heterocycles. The lowest BCUT2D eigenvalue weighted by Crippen LogP contribution is -2.50. The maximum Gasteiger partial charge on any atom is 0.223 e. The average Bonchev–Trinajstić information content (AvgIpc) is 2.75. The first kappa shape index (κ1) is 21.7. The summed E-state index contributed by atoms with van der Waals surface area (Å²) in [5.41, 5.74) is 7.71. The summed E-state index contributed by atoms with van der Waals surface area (Å²) in [4.78, 5) is 50.3. The number of carbonyl (C=O) groups excluding carboxylic acids is 4. The summed E-state index contributed by atoms with van der Waals surface area (Å²) >= 11 is 0. The fourth-order valence-electron chi connectivity index (χ4n) is 3.06. The van der Waals surface area contributed by atoms with Crippen molar-refractivity contribution in [2.75, 3.05) is 32.8 Å². The van der Waals surface area contributed by atoms with Gasteiger partial charge in [0.25, 0.3) is 0 Å². The van der Waals surface area contributed by atoms with Gasteiger partial charge < -0.3 is 20.6 Å². The van der Waals surface area contributed by atoms with Gasteiger partial charge in [-0.25, -0.2) is 0 Å². The number of piperazine rings is 1. The molecule has 0 bridgehead atoms. The van der Waals surface area contributed by atoms with Crippen LogP contribution in [0.3, 0.4) is 0 Å². The Kier molecular flexibility index (Phi) is 8.28. The molecule has 0 spiro atoms. The molecule has 1 aliphatic heterocycles. The lowest BCUT2D eigenvalue weighted by atomic mass is 10.1. The third-order valence-electron chi connectivity index (χ3n) is 4.89. The van der Waals surface area contributed by atoms with E-state index in [0.29, 0.717) is 45.6 Å². The highest BCUT2D eigenvalue weighted by molar-refractivity contribution is 6.37. The van der Waals surface area contributed by atoms with Crippen molar-refractivity contribution in [3.63, 3.8) is 0 Å². The lowest BCUT2D eigenvalue weighted by molar-refractivity contribution is -0.141. The van der Waals surface area contributed by atoms with Gasteiger partial charge in [-0.1, -0.05) is 24.3 Å². The van der Waals surface area contributed by atoms with Gasteiger partial charge >= 0.3 is 0 Å². The Labute approximate surface area is 164 Å². The van der Waals surface area contributed by atoms with Crippen LogP contribution in [-0.4, -0.2) is 71.1 Å². The Balaban J connectivity index is 1.71. The number of nitrogens with zero attached hydrogens (tertiary/aromatic N) is 2. The van der Waals surface area contributed by atoms with E-state index < -0.39 is 18.2 Å². The number of ketones is 2. The fraction of sp³-hybridized carbons (Fsp3) is 0.500. The molecule has 8 nitrogen and oxygen atoms in total. The molecule has 2 amide bonds. The average molecular weight is 389 g/mol. The zero-order valence-corrected chi connectivity index (χ0v) is 15.9. The van der Waals surface area contributed by atoms with Crippen LogP contribution in [0.4, 0.5) is 0 Å². The molecule has 1 aromatic rings. The van der Waals surface area contributed by atoms with Crippen molar-refractivity contribution in [2.45, 2.75) is 32.2 Å². The highest BCUT2D eigenvalue weighted by atomic mass is 16.3. The molecular weight excluding hydrogens is 362 g/mol. The molecule has 0 unspecified atom stereocenters. The van der Waals surface area contributed by atoms with Gasteiger partial charge in [0.15, 0.2) is 0 Å². The van der Waals surface area contributed by atoms with Crippen LogP contribution in [0, 0.1) is 0 Å². The molecule has 0 saturated carbocycles. The van der Waals surface area contributed by atoms with Crippen molar-refractivity contribution in [1.29, 1.82) is 0 Å². The Morgan fingerprint density at radius 2 is 1.29 bits per heavy atom. The monoisotopic (exact) mass is 389 g/mol. The Morgan fingerprint density at radius 3 is 1.79 bits per heavy atom. The molecule has 0 radical (unpaired) electrons. The Hall–Kier alpha value is -2.58. The molecule has 0 aromatic heterocycles. The van der Waals surface area contributed by atoms with Crippen molar-refractivity contribution in [3.05, 3.63) is 35.4 Å². The molecule has 28 heavy (non-hydrogen) atoms. The molecule has 0 aliphatic carbocycles. The molecule has 1 heterocycles. The third kappa shape index (κ3) is 6.24. The first-order chi connectivity index (χ1) is 13.4. The topological polar surface area (TPSA) is 121 Å². The van der Waals surface area contributed by atoms with E-state index >= 15 is 0 Å². The van der Waals surface area contributed by atoms with Crippen LogP contribution < -0.4 is 5.73 Å². The summed E-state index contributed by atoms with van der Waals surface area (Å²) in [6.07, 6.45) is 0.815. The van der Waals surface area contributed by atoms with Gasteiger partial charge in [0.1, 0.15) is 6.61 Å². The number of hydrogen-bond acceptors (Lipinski definition) is 6. The maximum atomic E-state index is 12.4. The lowest BCUT2D eigenvalue weighted by Gasteiger charge is -2.35. The van der Waals surface area contributed by atoms with Crippen LogP contribution >= 0.6 is 0 Å². The molecule has 1 aliphatic rings. The van der Waals surface area contributed by atoms with Gasteiger partial charge in [-0.3, -0.25) is 19.2 Å². The Morgan fingerprint density at radius 1 is 0.786 bits per heavy atom. The van der Waals surface area contributed by atoms with E-state index in [1.165, 1.54) is 0 Å². The zero-order chi connectivity index (χ0) is 20.5. The number of aliphatic hydroxyl groups is 1. The number of aliphatic hydroxyl groups excluding tert-OH is 1. The Bertz CT molecular complexity index is 709. The number of rotatable bonds is 9. The summed E-state index contributed by atoms with van der Waals surface area (Å²) in [6.45, 7) is 1.41. The normalized spacial score (nSPS) is 14.1. The summed E-state index contributed by atoms with van der Waals surface area (Å²) < 4.78 is 0. The van der Waals surface area contributed by atoms with Crippen LogP contribution in [-0.2, 0) is 32.1 Å². The van der Waals surface area contributed by atoms with Gasteiger partial charge in [-0.2, -0.15) is 0 Å². The van der Waals surface area contributed by atoms with Gasteiger partial charge in [-0.05, 0) is 17.5 Å². The minimum absolute atomic E-state index is 0.0544. The smallest absolute Gasteiger partial charge is 0.223 e. The number of amides is 2. The van der Waals surface area contributed by atoms with Crippen molar-refractivity contribution in [2.24, 2.45) is 5.73 Å². The molecule has 3 N–H and O–H groups in total. The molecule has 1 aromatic carbocycles. The highest BCUT2D eigenvalue weighted by Gasteiger charge is 2.24. The van der Waals surface area contributed by atoms with Gasteiger partial charge in [0.05, 0.1) is 0 Å². The second-order valence-corrected chi connectivity index (χ2v) is 6.79. The van der Waals surface area contributed by atoms with Crippen LogP contribution in [0.1, 0.15) is 30.4 Å². The second-order valence-electron chi connectivity index (χ2n) is 6.79. The van der Waals surface area contributed by atoms with E-state index in [1.807, 2.05) is 24.3 Å². The summed E-state index contributed by atoms with van der Waals surface area (Å²) in [6, 6.07) is 7.88. The van der Waals surface area contributed by atoms with Crippen molar-refractivity contribution >= 4 is 23.4 Å². The number of carbonyl (C=O) groups is 4. The van der Waals surface area contributed by atoms with E-state index in [0.717, 1.165) is 11.1 Å². The molecule has 1 fully saturated rings. The first-order valence-electron chi connectivity index (χ1n) is 9.45. The first-order valence-corrected chi connectivity index (χ1v) is 9.45. The van der Waals surface area contributed by atoms with Crippen LogP contribution in [0.5, 0.6) is 0 Å². The number of Topliss-reactive ketones (excluding diaryl/α,β-unsaturated/α-hetero) is 2. The standard InChI is InChI=1S/C20H27N3O5/c21-13-16-3-1-15(2-4-16)5-7-19(27)22-9-11-23(12-10-22)20(28)8-6-17(25)18(26)14-24/h1-4,24H,5-14,21H2. The number of nitrogens with two attached hydrogens (primary N) is 1. The molecular formula is C20H27N3O5. The predicted molar refractivity (Wildman–Crippen MR) is 102 cm³/mol. The number of aryl methyl sites for hydroxylation is 1. The van der Waals surface area contributed by atoms with Crippen LogP contribution in [0.15, 0.2) is 24.3 Å². The SMILES string of the molecule is NCc1ccc(CCC(=O)N2CCN(C(=O)CCC(=O)C(=O)CO)CC2)cc1. The van der Waals surface area contributed by atoms with Crippen molar-refractivity contribution in [3.8, 4) is 0 Å². The van der Waals surface area contributed by atoms with Gasteiger partial charge in [0, 0.05) is 52.0 Å². The summed E-state index contributed by atoms with van der Waals surface area (Å²) in [5.74, 6) is -1.77. The zero-order valence-electron chi connectivity index (χ0n) is 15.9. The van der Waals surface area contributed by atoms with Crippen LogP contribution in [0.2, 0.25) is 0 Å². The van der Waals surface area contributed by atoms with E-state index in [4.69, 9.17) is 10.8 Å². The fourth-order valence-corrected chi connectivity index (χ4v) is 3.06. The van der Waals surface area contributed by atoms with Gasteiger partial charge in [0.2, 0.25) is 23.4 Å². The second kappa shape index (κ2) is 10.7. The number of benzene rings is 1. The van der Waals surface area contributed by atoms with Crippen LogP contribution in [0.25, 0.3) is 0 Å². The van der Waals surface area contributed by atoms with E-state index in [2.05, 4.69) is 0 Å². The minimum Gasteiger partial charge on any atom is -0.388 e. The van der Waals surface area contributed by atoms with E-state index in [1.54, 1.807) is 9.80 Å². The summed E-state index contributed by atoms with van der Waals surface area (Å²) in [5, 5.41) is 8.63. The molecule has 152 valence electrons. The molecule has 2 rings (SSSR count). The maximum absolute atomic E-state index is 12.4. The van der Waals surface area contributed by atoms with E-state index in [-0.39, 0.29) is 24.7 Å². The van der Waals surface area contributed by atoms with E-state index in [9.17, 15) is 19.2 Å². The van der Waals surface area contributed by atoms with Crippen molar-refractivity contribution < 1.29 is 24.3 Å². The molecule has 8 heteroatoms. The minimum atomic E-state index is -0.874. The molecule has 0 atom stereocenters. The van der Waals surface area contributed by atoms with Gasteiger partial charge in [-0.15, -0.1) is 0 Å². The number of hydrogen-bond donors (Lipinski definition) is 2.